The van der Waals surface area contributed by atoms with Crippen LogP contribution in [-0.2, 0) is 38.1 Å². The summed E-state index contributed by atoms with van der Waals surface area (Å²) in [5.74, 6) is -1.05. The Morgan fingerprint density at radius 2 is 1.07 bits per heavy atom. The summed E-state index contributed by atoms with van der Waals surface area (Å²) in [7, 11) is 5.46. The summed E-state index contributed by atoms with van der Waals surface area (Å²) < 4.78 is 23.4. The minimum absolute atomic E-state index is 0.212. The van der Waals surface area contributed by atoms with Gasteiger partial charge in [0.15, 0.2) is 0 Å². The Balaban J connectivity index is -0.000000199. The van der Waals surface area contributed by atoms with Gasteiger partial charge in [-0.15, -0.1) is 0 Å². The minimum atomic E-state index is -0.556. The molecule has 16 nitrogen and oxygen atoms in total. The number of carbonyl (C=O) groups is 5. The van der Waals surface area contributed by atoms with Gasteiger partial charge in [0.2, 0.25) is 0 Å². The summed E-state index contributed by atoms with van der Waals surface area (Å²) >= 11 is 0. The van der Waals surface area contributed by atoms with Crippen molar-refractivity contribution in [3.8, 4) is 0 Å². The largest absolute Gasteiger partial charge is 0.469 e. The summed E-state index contributed by atoms with van der Waals surface area (Å²) in [6, 6.07) is 0. The first kappa shape index (κ1) is 51.1. The number of nitrogens with zero attached hydrogens (tertiary/aromatic N) is 1. The van der Waals surface area contributed by atoms with Gasteiger partial charge in [-0.3, -0.25) is 9.59 Å². The summed E-state index contributed by atoms with van der Waals surface area (Å²) in [5, 5.41) is 5.14. The van der Waals surface area contributed by atoms with E-state index in [-0.39, 0.29) is 24.8 Å². The SMILES string of the molecule is C=CC(=O)OC.CC(C)(C)OC(=O)NCCN.CCN.CN.COC(=O)CCN(CCNC(=O)OC(C)(C)C)CCC(=O)OC. The highest BCUT2D eigenvalue weighted by atomic mass is 16.6. The van der Waals surface area contributed by atoms with Gasteiger partial charge in [0.05, 0.1) is 34.2 Å². The molecule has 0 aromatic rings. The van der Waals surface area contributed by atoms with Gasteiger partial charge in [-0.25, -0.2) is 14.4 Å². The van der Waals surface area contributed by atoms with Crippen LogP contribution in [0.25, 0.3) is 0 Å². The Morgan fingerprint density at radius 3 is 1.31 bits per heavy atom. The molecule has 0 radical (unpaired) electrons. The Bertz CT molecular complexity index is 765. The molecular formula is C29H62N6O10. The molecule has 0 heterocycles. The van der Waals surface area contributed by atoms with Crippen LogP contribution in [0.2, 0.25) is 0 Å². The lowest BCUT2D eigenvalue weighted by molar-refractivity contribution is -0.141. The molecule has 0 unspecified atom stereocenters. The predicted octanol–water partition coefficient (Wildman–Crippen LogP) is 1.29. The van der Waals surface area contributed by atoms with E-state index in [1.807, 2.05) is 32.6 Å². The van der Waals surface area contributed by atoms with E-state index < -0.39 is 29.4 Å². The van der Waals surface area contributed by atoms with Crippen molar-refractivity contribution in [1.29, 1.82) is 0 Å². The molecule has 0 spiro atoms. The van der Waals surface area contributed by atoms with Crippen LogP contribution in [0.1, 0.15) is 61.3 Å². The number of hydrogen-bond acceptors (Lipinski definition) is 14. The molecule has 0 bridgehead atoms. The molecular weight excluding hydrogens is 592 g/mol. The summed E-state index contributed by atoms with van der Waals surface area (Å²) in [6.45, 7) is 19.2. The summed E-state index contributed by atoms with van der Waals surface area (Å²) in [4.78, 5) is 56.6. The maximum Gasteiger partial charge on any atom is 0.407 e. The number of methoxy groups -OCH3 is 3. The van der Waals surface area contributed by atoms with Gasteiger partial charge in [-0.1, -0.05) is 13.5 Å². The van der Waals surface area contributed by atoms with Crippen molar-refractivity contribution in [2.45, 2.75) is 72.5 Å². The van der Waals surface area contributed by atoms with E-state index in [4.69, 9.17) is 20.9 Å². The minimum Gasteiger partial charge on any atom is -0.469 e. The number of hydrogen-bond donors (Lipinski definition) is 5. The number of nitrogens with one attached hydrogen (secondary N) is 2. The van der Waals surface area contributed by atoms with Gasteiger partial charge >= 0.3 is 30.1 Å². The molecule has 0 saturated carbocycles. The first-order chi connectivity index (χ1) is 20.9. The topological polar surface area (TPSA) is 237 Å². The van der Waals surface area contributed by atoms with Crippen LogP contribution in [0.5, 0.6) is 0 Å². The summed E-state index contributed by atoms with van der Waals surface area (Å²) in [5.41, 5.74) is 13.5. The number of amides is 2. The number of nitrogens with two attached hydrogens (primary N) is 3. The number of carbonyl (C=O) groups excluding carboxylic acids is 5. The Morgan fingerprint density at radius 1 is 0.711 bits per heavy atom. The molecule has 0 aliphatic heterocycles. The Hall–Kier alpha value is -3.47. The first-order valence-electron chi connectivity index (χ1n) is 14.3. The summed E-state index contributed by atoms with van der Waals surface area (Å²) in [6.07, 6.45) is 0.621. The third kappa shape index (κ3) is 50.5. The van der Waals surface area contributed by atoms with E-state index in [0.717, 1.165) is 12.6 Å². The fraction of sp³-hybridized carbons (Fsp3) is 0.759. The van der Waals surface area contributed by atoms with Crippen molar-refractivity contribution in [2.24, 2.45) is 17.2 Å². The third-order valence-corrected chi connectivity index (χ3v) is 4.00. The van der Waals surface area contributed by atoms with E-state index in [1.54, 1.807) is 20.8 Å². The van der Waals surface area contributed by atoms with Crippen molar-refractivity contribution in [1.82, 2.24) is 15.5 Å². The molecule has 0 rings (SSSR count). The average Bonchev–Trinajstić information content (AvgIpc) is 2.96. The van der Waals surface area contributed by atoms with Crippen LogP contribution in [0.3, 0.4) is 0 Å². The zero-order valence-electron chi connectivity index (χ0n) is 29.4. The van der Waals surface area contributed by atoms with Crippen LogP contribution >= 0.6 is 0 Å². The lowest BCUT2D eigenvalue weighted by Crippen LogP contribution is -2.39. The highest BCUT2D eigenvalue weighted by molar-refractivity contribution is 5.80. The Kier molecular flexibility index (Phi) is 38.0. The number of alkyl carbamates (subject to hydrolysis) is 2. The van der Waals surface area contributed by atoms with Crippen molar-refractivity contribution >= 4 is 30.1 Å². The molecule has 2 amide bonds. The molecule has 0 aromatic heterocycles. The van der Waals surface area contributed by atoms with Crippen molar-refractivity contribution < 1.29 is 47.7 Å². The monoisotopic (exact) mass is 654 g/mol. The fourth-order valence-corrected chi connectivity index (χ4v) is 2.24. The normalized spacial score (nSPS) is 9.76. The molecule has 0 fully saturated rings. The van der Waals surface area contributed by atoms with E-state index in [2.05, 4.69) is 37.2 Å². The maximum atomic E-state index is 11.6. The zero-order chi connectivity index (χ0) is 36.5. The number of rotatable bonds is 12. The molecule has 0 atom stereocenters. The highest BCUT2D eigenvalue weighted by Gasteiger charge is 2.17. The van der Waals surface area contributed by atoms with E-state index in [9.17, 15) is 24.0 Å². The molecule has 0 aliphatic rings. The van der Waals surface area contributed by atoms with Crippen molar-refractivity contribution in [3.05, 3.63) is 12.7 Å². The Labute approximate surface area is 270 Å². The predicted molar refractivity (Wildman–Crippen MR) is 174 cm³/mol. The van der Waals surface area contributed by atoms with Gasteiger partial charge < -0.3 is 56.4 Å². The highest BCUT2D eigenvalue weighted by Crippen LogP contribution is 2.07. The maximum absolute atomic E-state index is 11.6. The molecule has 0 saturated heterocycles. The lowest BCUT2D eigenvalue weighted by Gasteiger charge is -2.23. The van der Waals surface area contributed by atoms with Crippen LogP contribution < -0.4 is 27.8 Å². The number of esters is 3. The fourth-order valence-electron chi connectivity index (χ4n) is 2.24. The van der Waals surface area contributed by atoms with Crippen LogP contribution in [0.15, 0.2) is 12.7 Å². The molecule has 16 heteroatoms. The average molecular weight is 655 g/mol. The van der Waals surface area contributed by atoms with Gasteiger partial charge in [-0.2, -0.15) is 0 Å². The number of ether oxygens (including phenoxy) is 5. The quantitative estimate of drug-likeness (QED) is 0.113. The smallest absolute Gasteiger partial charge is 0.407 e. The van der Waals surface area contributed by atoms with E-state index in [0.29, 0.717) is 39.3 Å². The van der Waals surface area contributed by atoms with Gasteiger partial charge in [0.1, 0.15) is 11.2 Å². The molecule has 0 aliphatic carbocycles. The van der Waals surface area contributed by atoms with Crippen molar-refractivity contribution in [2.75, 3.05) is 74.2 Å². The second-order valence-corrected chi connectivity index (χ2v) is 10.3. The standard InChI is InChI=1S/C15H28N2O6.C7H16N2O2.C4H6O2.C2H7N.CH5N/c1-15(2,3)23-14(20)16-8-11-17(9-6-12(18)21-4)10-7-13(19)22-5;1-7(2,3)11-6(10)9-5-4-8;1-3-4(5)6-2;1-2-3;1-2/h6-11H2,1-5H3,(H,16,20);4-5,8H2,1-3H3,(H,9,10);3H,1H2,2H3;2-3H2,1H3;2H2,1H3. The second kappa shape index (κ2) is 33.4. The first-order valence-corrected chi connectivity index (χ1v) is 14.3. The third-order valence-electron chi connectivity index (χ3n) is 4.00. The molecule has 45 heavy (non-hydrogen) atoms. The van der Waals surface area contributed by atoms with Crippen LogP contribution in [0, 0.1) is 0 Å². The van der Waals surface area contributed by atoms with Crippen LogP contribution in [-0.4, -0.2) is 120 Å². The van der Waals surface area contributed by atoms with Crippen molar-refractivity contribution in [3.63, 3.8) is 0 Å². The lowest BCUT2D eigenvalue weighted by atomic mass is 10.2. The second-order valence-electron chi connectivity index (χ2n) is 10.3. The molecule has 268 valence electrons. The van der Waals surface area contributed by atoms with Gasteiger partial charge in [0, 0.05) is 45.3 Å². The van der Waals surface area contributed by atoms with Gasteiger partial charge in [-0.05, 0) is 55.1 Å². The molecule has 8 N–H and O–H groups in total. The zero-order valence-corrected chi connectivity index (χ0v) is 29.4. The van der Waals surface area contributed by atoms with E-state index in [1.165, 1.54) is 28.4 Å². The van der Waals surface area contributed by atoms with Crippen LogP contribution in [0.4, 0.5) is 9.59 Å². The van der Waals surface area contributed by atoms with E-state index >= 15 is 0 Å². The van der Waals surface area contributed by atoms with Gasteiger partial charge in [0.25, 0.3) is 0 Å². The molecule has 0 aromatic carbocycles.